The smallest absolute Gasteiger partial charge is 0.194 e. The third-order valence-electron chi connectivity index (χ3n) is 8.02. The Labute approximate surface area is 258 Å². The van der Waals surface area contributed by atoms with E-state index < -0.39 is 48.1 Å². The van der Waals surface area contributed by atoms with Crippen LogP contribution in [-0.2, 0) is 14.2 Å². The molecule has 3 aromatic heterocycles. The SMILES string of the molecule is Cc1nc2ccc(-n3ncnc3[C@H]3C[C@@H](n4cc(-c5cc(F)c(F)c(F)c5)nn4)[C@H]4O[C@@H](c5ccccc5)OC[C@H]4O3)cc2s1. The number of hydrogen-bond acceptors (Lipinski definition) is 9. The van der Waals surface area contributed by atoms with Gasteiger partial charge in [-0.05, 0) is 37.3 Å². The van der Waals surface area contributed by atoms with Crippen LogP contribution in [0, 0.1) is 24.4 Å². The van der Waals surface area contributed by atoms with Crippen LogP contribution in [0.25, 0.3) is 27.2 Å². The first-order chi connectivity index (χ1) is 21.9. The van der Waals surface area contributed by atoms with Gasteiger partial charge in [0.05, 0.1) is 39.8 Å². The minimum absolute atomic E-state index is 0.0568. The highest BCUT2D eigenvalue weighted by molar-refractivity contribution is 7.18. The van der Waals surface area contributed by atoms with Crippen molar-refractivity contribution < 1.29 is 27.4 Å². The number of hydrogen-bond donors (Lipinski definition) is 0. The standard InChI is InChI=1S/C31H24F3N7O3S/c1-16-37-22-8-7-19(11-27(22)45-16)41-30(35-15-36-41)25-12-24(29-26(43-25)14-42-31(44-29)17-5-3-2-4-6-17)40-13-23(38-39-40)18-9-20(32)28(34)21(33)10-18/h2-11,13,15,24-26,29,31H,12,14H2,1H3/t24-,25-,26-,29-,31+/m1/s1. The van der Waals surface area contributed by atoms with E-state index in [0.717, 1.165) is 38.6 Å². The second-order valence-electron chi connectivity index (χ2n) is 10.9. The summed E-state index contributed by atoms with van der Waals surface area (Å²) in [5.41, 5.74) is 2.80. The lowest BCUT2D eigenvalue weighted by Crippen LogP contribution is -2.51. The molecule has 5 heterocycles. The van der Waals surface area contributed by atoms with E-state index in [4.69, 9.17) is 14.2 Å². The van der Waals surface area contributed by atoms with E-state index in [2.05, 4.69) is 25.4 Å². The number of fused-ring (bicyclic) bond motifs is 2. The summed E-state index contributed by atoms with van der Waals surface area (Å²) in [5.74, 6) is -3.59. The summed E-state index contributed by atoms with van der Waals surface area (Å²) in [7, 11) is 0. The molecule has 8 rings (SSSR count). The molecule has 6 aromatic rings. The van der Waals surface area contributed by atoms with Crippen molar-refractivity contribution in [1.29, 1.82) is 0 Å². The molecular weight excluding hydrogens is 607 g/mol. The maximum absolute atomic E-state index is 14.0. The van der Waals surface area contributed by atoms with E-state index in [1.165, 1.54) is 6.33 Å². The fourth-order valence-corrected chi connectivity index (χ4v) is 6.80. The van der Waals surface area contributed by atoms with Crippen molar-refractivity contribution in [3.05, 3.63) is 107 Å². The molecule has 0 radical (unpaired) electrons. The molecule has 2 saturated heterocycles. The Balaban J connectivity index is 1.15. The van der Waals surface area contributed by atoms with Gasteiger partial charge in [-0.1, -0.05) is 35.5 Å². The Morgan fingerprint density at radius 3 is 2.62 bits per heavy atom. The maximum Gasteiger partial charge on any atom is 0.194 e. The second kappa shape index (κ2) is 11.1. The molecule has 0 amide bonds. The third kappa shape index (κ3) is 5.09. The molecule has 2 aliphatic rings. The third-order valence-corrected chi connectivity index (χ3v) is 8.95. The summed E-state index contributed by atoms with van der Waals surface area (Å²) >= 11 is 1.60. The lowest BCUT2D eigenvalue weighted by molar-refractivity contribution is -0.302. The van der Waals surface area contributed by atoms with Crippen LogP contribution in [0.2, 0.25) is 0 Å². The number of halogens is 3. The quantitative estimate of drug-likeness (QED) is 0.212. The minimum Gasteiger partial charge on any atom is -0.362 e. The normalized spacial score (nSPS) is 23.3. The van der Waals surface area contributed by atoms with Crippen LogP contribution in [0.5, 0.6) is 0 Å². The molecule has 0 saturated carbocycles. The molecule has 14 heteroatoms. The highest BCUT2D eigenvalue weighted by atomic mass is 32.1. The van der Waals surface area contributed by atoms with E-state index in [9.17, 15) is 13.2 Å². The number of thiazole rings is 1. The van der Waals surface area contributed by atoms with Crippen LogP contribution in [0.15, 0.2) is 73.2 Å². The molecule has 228 valence electrons. The molecule has 2 aliphatic heterocycles. The van der Waals surface area contributed by atoms with Crippen molar-refractivity contribution in [2.75, 3.05) is 6.61 Å². The fraction of sp³-hybridized carbons (Fsp3) is 0.258. The molecule has 2 fully saturated rings. The van der Waals surface area contributed by atoms with Gasteiger partial charge in [-0.2, -0.15) is 5.10 Å². The first-order valence-electron chi connectivity index (χ1n) is 14.2. The summed E-state index contributed by atoms with van der Waals surface area (Å²) in [6.07, 6.45) is 1.17. The Hall–Kier alpha value is -4.50. The maximum atomic E-state index is 14.0. The lowest BCUT2D eigenvalue weighted by atomic mass is 9.94. The van der Waals surface area contributed by atoms with Gasteiger partial charge < -0.3 is 14.2 Å². The Morgan fingerprint density at radius 1 is 0.978 bits per heavy atom. The number of rotatable bonds is 5. The number of ether oxygens (including phenoxy) is 3. The summed E-state index contributed by atoms with van der Waals surface area (Å²) in [6.45, 7) is 2.19. The highest BCUT2D eigenvalue weighted by Crippen LogP contribution is 2.43. The summed E-state index contributed by atoms with van der Waals surface area (Å²) in [6, 6.07) is 16.8. The van der Waals surface area contributed by atoms with E-state index in [-0.39, 0.29) is 17.9 Å². The Kier molecular flexibility index (Phi) is 6.93. The lowest BCUT2D eigenvalue weighted by Gasteiger charge is -2.45. The van der Waals surface area contributed by atoms with Gasteiger partial charge in [0.1, 0.15) is 30.3 Å². The van der Waals surface area contributed by atoms with Crippen LogP contribution >= 0.6 is 11.3 Å². The van der Waals surface area contributed by atoms with Gasteiger partial charge in [-0.25, -0.2) is 32.5 Å². The van der Waals surface area contributed by atoms with Crippen LogP contribution in [-0.4, -0.2) is 53.6 Å². The zero-order valence-electron chi connectivity index (χ0n) is 23.6. The summed E-state index contributed by atoms with van der Waals surface area (Å²) in [5, 5.41) is 14.0. The fourth-order valence-electron chi connectivity index (χ4n) is 5.94. The van der Waals surface area contributed by atoms with Crippen molar-refractivity contribution in [2.45, 2.75) is 44.0 Å². The molecule has 0 aliphatic carbocycles. The summed E-state index contributed by atoms with van der Waals surface area (Å²) in [4.78, 5) is 9.13. The first kappa shape index (κ1) is 28.0. The highest BCUT2D eigenvalue weighted by Gasteiger charge is 2.47. The van der Waals surface area contributed by atoms with Gasteiger partial charge in [-0.15, -0.1) is 16.4 Å². The largest absolute Gasteiger partial charge is 0.362 e. The molecule has 0 unspecified atom stereocenters. The van der Waals surface area contributed by atoms with Gasteiger partial charge in [-0.3, -0.25) is 0 Å². The minimum atomic E-state index is -1.54. The van der Waals surface area contributed by atoms with Gasteiger partial charge in [0.2, 0.25) is 0 Å². The number of benzene rings is 3. The second-order valence-corrected chi connectivity index (χ2v) is 12.1. The molecule has 0 N–H and O–H groups in total. The average Bonchev–Trinajstić information content (AvgIpc) is 3.82. The van der Waals surface area contributed by atoms with Crippen LogP contribution < -0.4 is 0 Å². The molecule has 0 bridgehead atoms. The Bertz CT molecular complexity index is 1990. The van der Waals surface area contributed by atoms with E-state index in [1.54, 1.807) is 26.9 Å². The first-order valence-corrected chi connectivity index (χ1v) is 15.0. The predicted molar refractivity (Wildman–Crippen MR) is 156 cm³/mol. The molecule has 45 heavy (non-hydrogen) atoms. The van der Waals surface area contributed by atoms with Crippen molar-refractivity contribution >= 4 is 21.6 Å². The van der Waals surface area contributed by atoms with E-state index in [1.807, 2.05) is 55.5 Å². The molecule has 5 atom stereocenters. The van der Waals surface area contributed by atoms with Gasteiger partial charge >= 0.3 is 0 Å². The van der Waals surface area contributed by atoms with Crippen molar-refractivity contribution in [3.63, 3.8) is 0 Å². The average molecular weight is 632 g/mol. The number of aromatic nitrogens is 7. The van der Waals surface area contributed by atoms with Crippen molar-refractivity contribution in [3.8, 4) is 16.9 Å². The molecule has 3 aromatic carbocycles. The predicted octanol–water partition coefficient (Wildman–Crippen LogP) is 6.05. The van der Waals surface area contributed by atoms with Crippen molar-refractivity contribution in [2.24, 2.45) is 0 Å². The van der Waals surface area contributed by atoms with Crippen LogP contribution in [0.4, 0.5) is 13.2 Å². The van der Waals surface area contributed by atoms with E-state index in [0.29, 0.717) is 12.2 Å². The molecule has 10 nitrogen and oxygen atoms in total. The monoisotopic (exact) mass is 631 g/mol. The number of aryl methyl sites for hydroxylation is 1. The van der Waals surface area contributed by atoms with Crippen LogP contribution in [0.3, 0.4) is 0 Å². The van der Waals surface area contributed by atoms with E-state index >= 15 is 0 Å². The molecular formula is C31H24F3N7O3S. The van der Waals surface area contributed by atoms with Gasteiger partial charge in [0, 0.05) is 17.5 Å². The number of nitrogens with zero attached hydrogens (tertiary/aromatic N) is 7. The summed E-state index contributed by atoms with van der Waals surface area (Å²) < 4.78 is 65.3. The van der Waals surface area contributed by atoms with Crippen LogP contribution in [0.1, 0.15) is 41.3 Å². The van der Waals surface area contributed by atoms with Crippen molar-refractivity contribution in [1.82, 2.24) is 34.7 Å². The zero-order valence-corrected chi connectivity index (χ0v) is 24.4. The van der Waals surface area contributed by atoms with Gasteiger partial charge in [0.25, 0.3) is 0 Å². The Morgan fingerprint density at radius 2 is 1.80 bits per heavy atom. The van der Waals surface area contributed by atoms with Gasteiger partial charge in [0.15, 0.2) is 29.6 Å². The molecule has 0 spiro atoms. The topological polar surface area (TPSA) is 102 Å². The zero-order chi connectivity index (χ0) is 30.7.